The Kier molecular flexibility index (Phi) is 6.12. The first-order valence-corrected chi connectivity index (χ1v) is 9.36. The molecule has 0 unspecified atom stereocenters. The molecule has 1 amide bonds. The lowest BCUT2D eigenvalue weighted by atomic mass is 10.2. The van der Waals surface area contributed by atoms with Crippen molar-refractivity contribution in [3.63, 3.8) is 0 Å². The summed E-state index contributed by atoms with van der Waals surface area (Å²) in [5.41, 5.74) is 0.987. The number of ether oxygens (including phenoxy) is 3. The van der Waals surface area contributed by atoms with Gasteiger partial charge in [-0.05, 0) is 51.8 Å². The van der Waals surface area contributed by atoms with Gasteiger partial charge in [-0.2, -0.15) is 0 Å². The van der Waals surface area contributed by atoms with Gasteiger partial charge in [-0.15, -0.1) is 11.3 Å². The second-order valence-corrected chi connectivity index (χ2v) is 7.91. The summed E-state index contributed by atoms with van der Waals surface area (Å²) in [4.78, 5) is 15.4. The Labute approximate surface area is 158 Å². The number of nitrogens with zero attached hydrogens (tertiary/aromatic N) is 1. The maximum Gasteiger partial charge on any atom is 0.246 e. The fourth-order valence-corrected chi connectivity index (χ4v) is 3.73. The summed E-state index contributed by atoms with van der Waals surface area (Å²) in [7, 11) is 1.63. The molecule has 0 aliphatic carbocycles. The Balaban J connectivity index is 1.70. The molecular weight excluding hydrogens is 406 g/mol. The van der Waals surface area contributed by atoms with Gasteiger partial charge < -0.3 is 19.1 Å². The molecule has 1 aliphatic rings. The molecule has 0 saturated carbocycles. The van der Waals surface area contributed by atoms with E-state index in [-0.39, 0.29) is 12.7 Å². The van der Waals surface area contributed by atoms with Crippen LogP contribution in [0.15, 0.2) is 40.2 Å². The molecule has 7 heteroatoms. The number of rotatable bonds is 7. The van der Waals surface area contributed by atoms with Crippen LogP contribution in [-0.2, 0) is 16.1 Å². The molecule has 132 valence electrons. The quantitative estimate of drug-likeness (QED) is 0.633. The molecule has 0 N–H and O–H groups in total. The van der Waals surface area contributed by atoms with Crippen molar-refractivity contribution in [3.8, 4) is 11.5 Å². The van der Waals surface area contributed by atoms with Crippen LogP contribution in [0, 0.1) is 0 Å². The number of hydrogen-bond donors (Lipinski definition) is 0. The first-order valence-electron chi connectivity index (χ1n) is 7.75. The van der Waals surface area contributed by atoms with Gasteiger partial charge in [0.2, 0.25) is 12.7 Å². The van der Waals surface area contributed by atoms with E-state index in [1.807, 2.05) is 36.4 Å². The highest BCUT2D eigenvalue weighted by molar-refractivity contribution is 9.11. The molecular formula is C18H18BrNO4S. The Bertz CT molecular complexity index is 774. The van der Waals surface area contributed by atoms with Gasteiger partial charge in [0.25, 0.3) is 0 Å². The van der Waals surface area contributed by atoms with Crippen molar-refractivity contribution in [2.45, 2.75) is 6.54 Å². The smallest absolute Gasteiger partial charge is 0.246 e. The average molecular weight is 424 g/mol. The van der Waals surface area contributed by atoms with Crippen LogP contribution in [0.3, 0.4) is 0 Å². The number of carbonyl (C=O) groups is 1. The zero-order valence-electron chi connectivity index (χ0n) is 13.7. The minimum Gasteiger partial charge on any atom is -0.454 e. The van der Waals surface area contributed by atoms with E-state index in [1.165, 1.54) is 0 Å². The Morgan fingerprint density at radius 1 is 1.32 bits per heavy atom. The topological polar surface area (TPSA) is 48.0 Å². The van der Waals surface area contributed by atoms with Gasteiger partial charge in [-0.3, -0.25) is 4.79 Å². The highest BCUT2D eigenvalue weighted by atomic mass is 79.9. The SMILES string of the molecule is COCCN(Cc1ccc2c(c1)OCO2)C(=O)/C=C/c1ccc(Br)s1. The lowest BCUT2D eigenvalue weighted by Crippen LogP contribution is -2.32. The van der Waals surface area contributed by atoms with Gasteiger partial charge >= 0.3 is 0 Å². The molecule has 0 spiro atoms. The lowest BCUT2D eigenvalue weighted by Gasteiger charge is -2.21. The number of methoxy groups -OCH3 is 1. The van der Waals surface area contributed by atoms with Gasteiger partial charge in [0.05, 0.1) is 10.4 Å². The minimum absolute atomic E-state index is 0.0563. The molecule has 1 aromatic carbocycles. The van der Waals surface area contributed by atoms with Gasteiger partial charge in [-0.25, -0.2) is 0 Å². The van der Waals surface area contributed by atoms with E-state index >= 15 is 0 Å². The summed E-state index contributed by atoms with van der Waals surface area (Å²) < 4.78 is 16.9. The normalized spacial score (nSPS) is 12.7. The van der Waals surface area contributed by atoms with E-state index < -0.39 is 0 Å². The van der Waals surface area contributed by atoms with Crippen LogP contribution in [0.5, 0.6) is 11.5 Å². The average Bonchev–Trinajstić information content (AvgIpc) is 3.24. The van der Waals surface area contributed by atoms with Crippen molar-refractivity contribution in [1.29, 1.82) is 0 Å². The predicted octanol–water partition coefficient (Wildman–Crippen LogP) is 3.93. The van der Waals surface area contributed by atoms with Crippen LogP contribution >= 0.6 is 27.3 Å². The van der Waals surface area contributed by atoms with E-state index in [1.54, 1.807) is 29.4 Å². The van der Waals surface area contributed by atoms with Crippen molar-refractivity contribution in [1.82, 2.24) is 4.90 Å². The van der Waals surface area contributed by atoms with E-state index in [0.29, 0.717) is 19.7 Å². The lowest BCUT2D eigenvalue weighted by molar-refractivity contribution is -0.127. The van der Waals surface area contributed by atoms with Gasteiger partial charge in [0, 0.05) is 31.2 Å². The van der Waals surface area contributed by atoms with Gasteiger partial charge in [0.1, 0.15) is 0 Å². The molecule has 1 aliphatic heterocycles. The summed E-state index contributed by atoms with van der Waals surface area (Å²) in [5.74, 6) is 1.40. The molecule has 2 aromatic rings. The molecule has 2 heterocycles. The van der Waals surface area contributed by atoms with Crippen LogP contribution < -0.4 is 9.47 Å². The molecule has 0 saturated heterocycles. The number of halogens is 1. The molecule has 1 aromatic heterocycles. The number of fused-ring (bicyclic) bond motifs is 1. The number of amides is 1. The number of hydrogen-bond acceptors (Lipinski definition) is 5. The summed E-state index contributed by atoms with van der Waals surface area (Å²) in [6, 6.07) is 9.66. The molecule has 5 nitrogen and oxygen atoms in total. The minimum atomic E-state index is -0.0563. The predicted molar refractivity (Wildman–Crippen MR) is 101 cm³/mol. The van der Waals surface area contributed by atoms with Crippen molar-refractivity contribution >= 4 is 39.2 Å². The van der Waals surface area contributed by atoms with E-state index in [4.69, 9.17) is 14.2 Å². The number of thiophene rings is 1. The highest BCUT2D eigenvalue weighted by Gasteiger charge is 2.16. The summed E-state index contributed by atoms with van der Waals surface area (Å²) in [5, 5.41) is 0. The monoisotopic (exact) mass is 423 g/mol. The van der Waals surface area contributed by atoms with Crippen LogP contribution in [0.2, 0.25) is 0 Å². The Morgan fingerprint density at radius 3 is 2.92 bits per heavy atom. The van der Waals surface area contributed by atoms with Crippen molar-refractivity contribution in [2.24, 2.45) is 0 Å². The maximum absolute atomic E-state index is 12.6. The molecule has 0 radical (unpaired) electrons. The largest absolute Gasteiger partial charge is 0.454 e. The molecule has 3 rings (SSSR count). The molecule has 0 bridgehead atoms. The molecule has 25 heavy (non-hydrogen) atoms. The second-order valence-electron chi connectivity index (χ2n) is 5.42. The number of benzene rings is 1. The maximum atomic E-state index is 12.6. The third-order valence-corrected chi connectivity index (χ3v) is 5.26. The van der Waals surface area contributed by atoms with Crippen molar-refractivity contribution in [3.05, 3.63) is 50.6 Å². The van der Waals surface area contributed by atoms with Gasteiger partial charge in [-0.1, -0.05) is 6.07 Å². The molecule has 0 atom stereocenters. The van der Waals surface area contributed by atoms with Crippen LogP contribution in [0.4, 0.5) is 0 Å². The Hall–Kier alpha value is -1.83. The van der Waals surface area contributed by atoms with Crippen LogP contribution in [-0.4, -0.2) is 37.9 Å². The zero-order valence-corrected chi connectivity index (χ0v) is 16.1. The van der Waals surface area contributed by atoms with E-state index in [2.05, 4.69) is 15.9 Å². The fourth-order valence-electron chi connectivity index (χ4n) is 2.41. The highest BCUT2D eigenvalue weighted by Crippen LogP contribution is 2.32. The van der Waals surface area contributed by atoms with Crippen LogP contribution in [0.1, 0.15) is 10.4 Å². The van der Waals surface area contributed by atoms with E-state index in [9.17, 15) is 4.79 Å². The van der Waals surface area contributed by atoms with Crippen molar-refractivity contribution in [2.75, 3.05) is 27.1 Å². The van der Waals surface area contributed by atoms with Gasteiger partial charge in [0.15, 0.2) is 11.5 Å². The first-order chi connectivity index (χ1) is 12.2. The number of carbonyl (C=O) groups excluding carboxylic acids is 1. The zero-order chi connectivity index (χ0) is 17.6. The van der Waals surface area contributed by atoms with Crippen molar-refractivity contribution < 1.29 is 19.0 Å². The van der Waals surface area contributed by atoms with E-state index in [0.717, 1.165) is 25.7 Å². The van der Waals surface area contributed by atoms with Crippen LogP contribution in [0.25, 0.3) is 6.08 Å². The summed E-state index contributed by atoms with van der Waals surface area (Å²) >= 11 is 5.00. The summed E-state index contributed by atoms with van der Waals surface area (Å²) in [6.45, 7) is 1.72. The summed E-state index contributed by atoms with van der Waals surface area (Å²) in [6.07, 6.45) is 3.43. The Morgan fingerprint density at radius 2 is 2.16 bits per heavy atom. The standard InChI is InChI=1S/C18H18BrNO4S/c1-22-9-8-20(18(21)7-4-14-3-6-17(19)25-14)11-13-2-5-15-16(10-13)24-12-23-15/h2-7,10H,8-9,11-12H2,1H3/b7-4+. The first kappa shape index (κ1) is 18.0. The molecule has 0 fully saturated rings. The third-order valence-electron chi connectivity index (χ3n) is 3.67. The third kappa shape index (κ3) is 4.84. The fraction of sp³-hybridized carbons (Fsp3) is 0.278. The second kappa shape index (κ2) is 8.51.